The van der Waals surface area contributed by atoms with Gasteiger partial charge in [0.05, 0.1) is 24.9 Å². The van der Waals surface area contributed by atoms with Crippen LogP contribution in [0, 0.1) is 5.82 Å². The Hall–Kier alpha value is -3.05. The second-order valence-electron chi connectivity index (χ2n) is 6.50. The Morgan fingerprint density at radius 3 is 2.68 bits per heavy atom. The van der Waals surface area contributed by atoms with Gasteiger partial charge in [-0.15, -0.1) is 22.0 Å². The summed E-state index contributed by atoms with van der Waals surface area (Å²) in [6.07, 6.45) is 1.39. The van der Waals surface area contributed by atoms with Crippen molar-refractivity contribution >= 4 is 45.8 Å². The van der Waals surface area contributed by atoms with Gasteiger partial charge in [0.1, 0.15) is 18.0 Å². The van der Waals surface area contributed by atoms with Crippen LogP contribution in [0.5, 0.6) is 11.5 Å². The van der Waals surface area contributed by atoms with E-state index in [1.165, 1.54) is 24.2 Å². The molecule has 1 aromatic heterocycles. The van der Waals surface area contributed by atoms with Gasteiger partial charge in [-0.25, -0.2) is 14.4 Å². The van der Waals surface area contributed by atoms with E-state index in [0.29, 0.717) is 45.6 Å². The third kappa shape index (κ3) is 4.83. The number of benzene rings is 2. The number of ether oxygens (including phenoxy) is 2. The van der Waals surface area contributed by atoms with Crippen LogP contribution in [-0.2, 0) is 0 Å². The highest BCUT2D eigenvalue weighted by Crippen LogP contribution is 2.36. The maximum atomic E-state index is 14.2. The summed E-state index contributed by atoms with van der Waals surface area (Å²) < 4.78 is 25.6. The normalized spacial score (nSPS) is 14.2. The number of nitrogens with zero attached hydrogens (tertiary/aromatic N) is 6. The number of anilines is 2. The van der Waals surface area contributed by atoms with Crippen molar-refractivity contribution in [1.29, 1.82) is 0 Å². The first-order valence-electron chi connectivity index (χ1n) is 9.13. The summed E-state index contributed by atoms with van der Waals surface area (Å²) in [7, 11) is 1.54. The predicted octanol–water partition coefficient (Wildman–Crippen LogP) is 5.79. The van der Waals surface area contributed by atoms with Gasteiger partial charge in [0.25, 0.3) is 0 Å². The summed E-state index contributed by atoms with van der Waals surface area (Å²) in [6, 6.07) is 7.86. The fourth-order valence-electron chi connectivity index (χ4n) is 2.82. The highest BCUT2D eigenvalue weighted by atomic mass is 35.5. The summed E-state index contributed by atoms with van der Waals surface area (Å²) in [4.78, 5) is 7.83. The third-order valence-electron chi connectivity index (χ3n) is 4.32. The quantitative estimate of drug-likeness (QED) is 0.425. The number of fused-ring (bicyclic) bond motifs is 1. The van der Waals surface area contributed by atoms with Crippen molar-refractivity contribution in [2.75, 3.05) is 24.8 Å². The van der Waals surface area contributed by atoms with Crippen LogP contribution in [0.4, 0.5) is 15.9 Å². The first kappa shape index (κ1) is 21.2. The number of halogens is 2. The second kappa shape index (κ2) is 8.98. The molecule has 1 aliphatic rings. The Morgan fingerprint density at radius 2 is 1.94 bits per heavy atom. The van der Waals surface area contributed by atoms with Gasteiger partial charge >= 0.3 is 0 Å². The van der Waals surface area contributed by atoms with Crippen LogP contribution in [0.1, 0.15) is 6.92 Å². The van der Waals surface area contributed by atoms with Gasteiger partial charge in [0.2, 0.25) is 4.99 Å². The first-order chi connectivity index (χ1) is 15.0. The fraction of sp³-hybridized carbons (Fsp3) is 0.263. The van der Waals surface area contributed by atoms with Crippen LogP contribution < -0.4 is 14.8 Å². The molecule has 31 heavy (non-hydrogen) atoms. The van der Waals surface area contributed by atoms with Crippen molar-refractivity contribution in [2.45, 2.75) is 11.9 Å². The average Bonchev–Trinajstić information content (AvgIpc) is 3.19. The molecule has 0 aliphatic carbocycles. The molecule has 3 aromatic rings. The maximum absolute atomic E-state index is 14.2. The molecule has 9 nitrogen and oxygen atoms in total. The van der Waals surface area contributed by atoms with Crippen LogP contribution in [0.25, 0.3) is 10.9 Å². The van der Waals surface area contributed by atoms with Crippen LogP contribution in [0.15, 0.2) is 57.3 Å². The van der Waals surface area contributed by atoms with Crippen molar-refractivity contribution in [3.63, 3.8) is 0 Å². The summed E-state index contributed by atoms with van der Waals surface area (Å²) in [6.45, 7) is 2.21. The predicted molar refractivity (Wildman–Crippen MR) is 117 cm³/mol. The number of thioether (sulfide) groups is 1. The van der Waals surface area contributed by atoms with Crippen molar-refractivity contribution in [1.82, 2.24) is 9.97 Å². The van der Waals surface area contributed by atoms with Gasteiger partial charge in [0, 0.05) is 22.2 Å². The molecule has 0 spiro atoms. The Bertz CT molecular complexity index is 1170. The smallest absolute Gasteiger partial charge is 0.237 e. The van der Waals surface area contributed by atoms with Crippen LogP contribution in [0.3, 0.4) is 0 Å². The molecule has 12 heteroatoms. The molecule has 0 bridgehead atoms. The number of rotatable bonds is 8. The molecule has 1 N–H and O–H groups in total. The van der Waals surface area contributed by atoms with E-state index in [-0.39, 0.29) is 5.69 Å². The molecule has 4 rings (SSSR count). The lowest BCUT2D eigenvalue weighted by molar-refractivity contribution is 0.314. The van der Waals surface area contributed by atoms with Gasteiger partial charge in [0.15, 0.2) is 11.5 Å². The topological polar surface area (TPSA) is 106 Å². The molecule has 0 amide bonds. The number of hydrogen-bond acceptors (Lipinski definition) is 10. The molecule has 2 aromatic carbocycles. The zero-order valence-electron chi connectivity index (χ0n) is 16.5. The van der Waals surface area contributed by atoms with Crippen LogP contribution in [-0.4, -0.2) is 34.4 Å². The molecule has 1 aliphatic heterocycles. The van der Waals surface area contributed by atoms with Gasteiger partial charge < -0.3 is 14.8 Å². The lowest BCUT2D eigenvalue weighted by atomic mass is 10.2. The molecule has 0 radical (unpaired) electrons. The molecule has 0 saturated heterocycles. The summed E-state index contributed by atoms with van der Waals surface area (Å²) in [5.74, 6) is 1.58. The van der Waals surface area contributed by atoms with Gasteiger partial charge in [-0.2, -0.15) is 0 Å². The average molecular weight is 462 g/mol. The highest BCUT2D eigenvalue weighted by Gasteiger charge is 2.27. The van der Waals surface area contributed by atoms with E-state index in [9.17, 15) is 4.39 Å². The number of aromatic nitrogens is 2. The summed E-state index contributed by atoms with van der Waals surface area (Å²) in [5, 5.41) is 18.9. The second-order valence-corrected chi connectivity index (χ2v) is 8.41. The number of nitrogens with one attached hydrogen (secondary N) is 1. The molecule has 0 saturated carbocycles. The van der Waals surface area contributed by atoms with E-state index in [0.717, 1.165) is 0 Å². The lowest BCUT2D eigenvalue weighted by Crippen LogP contribution is -2.13. The number of methoxy groups -OCH3 is 1. The minimum atomic E-state index is -0.707. The highest BCUT2D eigenvalue weighted by molar-refractivity contribution is 8.00. The van der Waals surface area contributed by atoms with Crippen LogP contribution in [0.2, 0.25) is 5.02 Å². The Kier molecular flexibility index (Phi) is 6.14. The maximum Gasteiger partial charge on any atom is 0.237 e. The van der Waals surface area contributed by atoms with E-state index in [1.807, 2.05) is 6.92 Å². The zero-order valence-corrected chi connectivity index (χ0v) is 18.1. The summed E-state index contributed by atoms with van der Waals surface area (Å²) in [5.41, 5.74) is 0.858. The van der Waals surface area contributed by atoms with E-state index < -0.39 is 10.8 Å². The first-order valence-corrected chi connectivity index (χ1v) is 10.5. The molecule has 0 fully saturated rings. The SMILES string of the molecule is COc1cc2c(Nc3ccc(Cl)cc3F)ncnc2cc1OCCSC1(C)N=NN=N1. The van der Waals surface area contributed by atoms with Gasteiger partial charge in [-0.3, -0.25) is 0 Å². The van der Waals surface area contributed by atoms with E-state index >= 15 is 0 Å². The van der Waals surface area contributed by atoms with E-state index in [1.54, 1.807) is 31.4 Å². The van der Waals surface area contributed by atoms with Crippen molar-refractivity contribution < 1.29 is 13.9 Å². The molecule has 0 atom stereocenters. The third-order valence-corrected chi connectivity index (χ3v) is 5.64. The largest absolute Gasteiger partial charge is 0.493 e. The Balaban J connectivity index is 1.53. The Labute approximate surface area is 186 Å². The molecule has 160 valence electrons. The molecule has 2 heterocycles. The van der Waals surface area contributed by atoms with Crippen LogP contribution >= 0.6 is 23.4 Å². The summed E-state index contributed by atoms with van der Waals surface area (Å²) >= 11 is 7.29. The fourth-order valence-corrected chi connectivity index (χ4v) is 3.73. The van der Waals surface area contributed by atoms with Crippen molar-refractivity contribution in [2.24, 2.45) is 20.7 Å². The van der Waals surface area contributed by atoms with Crippen molar-refractivity contribution in [3.8, 4) is 11.5 Å². The minimum absolute atomic E-state index is 0.246. The molecular weight excluding hydrogens is 445 g/mol. The monoisotopic (exact) mass is 461 g/mol. The molecule has 0 unspecified atom stereocenters. The van der Waals surface area contributed by atoms with E-state index in [4.69, 9.17) is 21.1 Å². The minimum Gasteiger partial charge on any atom is -0.493 e. The van der Waals surface area contributed by atoms with Gasteiger partial charge in [-0.1, -0.05) is 11.6 Å². The standard InChI is InChI=1S/C19H17ClFN7O2S/c1-19(25-27-28-26-19)31-6-5-30-17-9-15-12(8-16(17)29-2)18(23-10-22-15)24-14-4-3-11(20)7-13(14)21/h3-4,7-10H,5-6H2,1-2H3,(H,22,23,24). The van der Waals surface area contributed by atoms with Gasteiger partial charge in [-0.05, 0) is 41.6 Å². The number of hydrogen-bond donors (Lipinski definition) is 1. The van der Waals surface area contributed by atoms with Crippen molar-refractivity contribution in [3.05, 3.63) is 47.5 Å². The Morgan fingerprint density at radius 1 is 1.13 bits per heavy atom. The van der Waals surface area contributed by atoms with E-state index in [2.05, 4.69) is 36.0 Å². The zero-order chi connectivity index (χ0) is 21.8. The molecular formula is C19H17ClFN7O2S. The lowest BCUT2D eigenvalue weighted by Gasteiger charge is -2.15.